The second kappa shape index (κ2) is 4.17. The van der Waals surface area contributed by atoms with E-state index in [9.17, 15) is 0 Å². The summed E-state index contributed by atoms with van der Waals surface area (Å²) in [6.45, 7) is 6.85. The van der Waals surface area contributed by atoms with Crippen molar-refractivity contribution in [2.24, 2.45) is 11.8 Å². The summed E-state index contributed by atoms with van der Waals surface area (Å²) in [5.41, 5.74) is 2.54. The Balaban J connectivity index is 2.04. The molecular weight excluding hydrogens is 176 g/mol. The van der Waals surface area contributed by atoms with Crippen LogP contribution >= 0.6 is 0 Å². The topological polar surface area (TPSA) is 35.5 Å². The van der Waals surface area contributed by atoms with E-state index in [4.69, 9.17) is 5.21 Å². The lowest BCUT2D eigenvalue weighted by atomic mass is 9.73. The molecule has 1 saturated carbocycles. The van der Waals surface area contributed by atoms with Gasteiger partial charge in [-0.1, -0.05) is 6.42 Å². The Morgan fingerprint density at radius 3 is 2.21 bits per heavy atom. The second-order valence-corrected chi connectivity index (χ2v) is 5.15. The van der Waals surface area contributed by atoms with Crippen LogP contribution in [0.3, 0.4) is 0 Å². The van der Waals surface area contributed by atoms with Gasteiger partial charge in [0.15, 0.2) is 0 Å². The molecule has 0 aromatic rings. The summed E-state index contributed by atoms with van der Waals surface area (Å²) in [6.07, 6.45) is 3.90. The first-order valence-corrected chi connectivity index (χ1v) is 5.86. The summed E-state index contributed by atoms with van der Waals surface area (Å²) in [5.74, 6) is 1.32. The van der Waals surface area contributed by atoms with Crippen molar-refractivity contribution < 1.29 is 5.21 Å². The maximum atomic E-state index is 9.15. The summed E-state index contributed by atoms with van der Waals surface area (Å²) in [6, 6.07) is 1.01. The van der Waals surface area contributed by atoms with Crippen molar-refractivity contribution in [3.8, 4) is 0 Å². The van der Waals surface area contributed by atoms with Gasteiger partial charge in [0.2, 0.25) is 0 Å². The summed E-state index contributed by atoms with van der Waals surface area (Å²) in [7, 11) is 0. The molecule has 2 bridgehead atoms. The van der Waals surface area contributed by atoms with E-state index in [0.717, 1.165) is 13.1 Å². The van der Waals surface area contributed by atoms with E-state index in [2.05, 4.69) is 24.2 Å². The van der Waals surface area contributed by atoms with E-state index in [1.807, 2.05) is 0 Å². The molecule has 1 aliphatic carbocycles. The molecule has 2 N–H and O–H groups in total. The van der Waals surface area contributed by atoms with Crippen LogP contribution in [0.2, 0.25) is 0 Å². The highest BCUT2D eigenvalue weighted by Gasteiger charge is 2.39. The highest BCUT2D eigenvalue weighted by atomic mass is 16.5. The number of fused-ring (bicyclic) bond motifs is 2. The molecule has 0 amide bonds. The summed E-state index contributed by atoms with van der Waals surface area (Å²) in [5, 5.41) is 9.15. The van der Waals surface area contributed by atoms with Crippen molar-refractivity contribution in [1.29, 1.82) is 0 Å². The second-order valence-electron chi connectivity index (χ2n) is 5.15. The Kier molecular flexibility index (Phi) is 3.10. The molecular formula is C11H22N2O. The molecule has 1 heterocycles. The van der Waals surface area contributed by atoms with E-state index in [-0.39, 0.29) is 0 Å². The van der Waals surface area contributed by atoms with Crippen LogP contribution in [-0.4, -0.2) is 35.3 Å². The number of piperidine rings is 1. The van der Waals surface area contributed by atoms with Crippen molar-refractivity contribution in [3.63, 3.8) is 0 Å². The fraction of sp³-hybridized carbons (Fsp3) is 1.00. The maximum Gasteiger partial charge on any atom is 0.0400 e. The quantitative estimate of drug-likeness (QED) is 0.660. The molecule has 3 nitrogen and oxygen atoms in total. The predicted octanol–water partition coefficient (Wildman–Crippen LogP) is 1.47. The Morgan fingerprint density at radius 1 is 1.21 bits per heavy atom. The molecule has 0 radical (unpaired) electrons. The highest BCUT2D eigenvalue weighted by molar-refractivity contribution is 4.93. The average molecular weight is 198 g/mol. The fourth-order valence-corrected chi connectivity index (χ4v) is 3.11. The number of nitrogens with zero attached hydrogens (tertiary/aromatic N) is 1. The van der Waals surface area contributed by atoms with E-state index < -0.39 is 0 Å². The van der Waals surface area contributed by atoms with Gasteiger partial charge in [-0.05, 0) is 38.5 Å². The average Bonchev–Trinajstić information content (AvgIpc) is 2.15. The van der Waals surface area contributed by atoms with E-state index in [1.165, 1.54) is 19.3 Å². The SMILES string of the molecule is CC(C)N1CC2CCCC(C1)C2NO. The zero-order valence-corrected chi connectivity index (χ0v) is 9.24. The van der Waals surface area contributed by atoms with Gasteiger partial charge in [0.1, 0.15) is 0 Å². The highest BCUT2D eigenvalue weighted by Crippen LogP contribution is 2.35. The number of nitrogens with one attached hydrogen (secondary N) is 1. The van der Waals surface area contributed by atoms with Gasteiger partial charge in [0.05, 0.1) is 0 Å². The molecule has 2 unspecified atom stereocenters. The van der Waals surface area contributed by atoms with Gasteiger partial charge >= 0.3 is 0 Å². The lowest BCUT2D eigenvalue weighted by Crippen LogP contribution is -2.57. The van der Waals surface area contributed by atoms with E-state index >= 15 is 0 Å². The van der Waals surface area contributed by atoms with Gasteiger partial charge in [-0.2, -0.15) is 0 Å². The third-order valence-corrected chi connectivity index (χ3v) is 3.98. The molecule has 2 fully saturated rings. The Labute approximate surface area is 86.4 Å². The van der Waals surface area contributed by atoms with Crippen molar-refractivity contribution in [3.05, 3.63) is 0 Å². The summed E-state index contributed by atoms with van der Waals surface area (Å²) in [4.78, 5) is 2.56. The molecule has 2 rings (SSSR count). The third kappa shape index (κ3) is 1.81. The molecule has 0 spiro atoms. The van der Waals surface area contributed by atoms with Gasteiger partial charge < -0.3 is 10.1 Å². The van der Waals surface area contributed by atoms with Gasteiger partial charge in [-0.25, -0.2) is 5.48 Å². The Morgan fingerprint density at radius 2 is 1.79 bits per heavy atom. The minimum atomic E-state index is 0.360. The van der Waals surface area contributed by atoms with Crippen molar-refractivity contribution in [2.45, 2.75) is 45.2 Å². The van der Waals surface area contributed by atoms with Crippen LogP contribution in [-0.2, 0) is 0 Å². The number of hydrogen-bond acceptors (Lipinski definition) is 3. The van der Waals surface area contributed by atoms with E-state index in [0.29, 0.717) is 23.9 Å². The summed E-state index contributed by atoms with van der Waals surface area (Å²) >= 11 is 0. The van der Waals surface area contributed by atoms with Gasteiger partial charge in [-0.15, -0.1) is 0 Å². The third-order valence-electron chi connectivity index (χ3n) is 3.98. The molecule has 82 valence electrons. The normalized spacial score (nSPS) is 39.0. The lowest BCUT2D eigenvalue weighted by Gasteiger charge is -2.48. The van der Waals surface area contributed by atoms with Crippen LogP contribution < -0.4 is 5.48 Å². The van der Waals surface area contributed by atoms with Crippen molar-refractivity contribution in [2.75, 3.05) is 13.1 Å². The van der Waals surface area contributed by atoms with Gasteiger partial charge in [0.25, 0.3) is 0 Å². The van der Waals surface area contributed by atoms with Crippen LogP contribution in [0.5, 0.6) is 0 Å². The molecule has 1 saturated heterocycles. The molecule has 2 aliphatic rings. The van der Waals surface area contributed by atoms with Crippen LogP contribution in [0.1, 0.15) is 33.1 Å². The Bertz CT molecular complexity index is 182. The smallest absolute Gasteiger partial charge is 0.0400 e. The van der Waals surface area contributed by atoms with Crippen LogP contribution in [0.15, 0.2) is 0 Å². The monoisotopic (exact) mass is 198 g/mol. The molecule has 14 heavy (non-hydrogen) atoms. The number of likely N-dealkylation sites (tertiary alicyclic amines) is 1. The number of hydrogen-bond donors (Lipinski definition) is 2. The lowest BCUT2D eigenvalue weighted by molar-refractivity contribution is -0.0263. The van der Waals surface area contributed by atoms with Gasteiger partial charge in [0, 0.05) is 25.2 Å². The van der Waals surface area contributed by atoms with Crippen molar-refractivity contribution >= 4 is 0 Å². The molecule has 0 aromatic carbocycles. The molecule has 0 aromatic heterocycles. The minimum absolute atomic E-state index is 0.360. The van der Waals surface area contributed by atoms with Gasteiger partial charge in [-0.3, -0.25) is 0 Å². The first kappa shape index (κ1) is 10.4. The standard InChI is InChI=1S/C11H22N2O/c1-8(2)13-6-9-4-3-5-10(7-13)11(9)12-14/h8-12,14H,3-7H2,1-2H3. The van der Waals surface area contributed by atoms with E-state index in [1.54, 1.807) is 0 Å². The first-order valence-electron chi connectivity index (χ1n) is 5.86. The number of hydroxylamine groups is 1. The Hall–Kier alpha value is -0.120. The predicted molar refractivity (Wildman–Crippen MR) is 56.3 cm³/mol. The van der Waals surface area contributed by atoms with Crippen LogP contribution in [0.4, 0.5) is 0 Å². The zero-order valence-electron chi connectivity index (χ0n) is 9.24. The largest absolute Gasteiger partial charge is 0.317 e. The summed E-state index contributed by atoms with van der Waals surface area (Å²) < 4.78 is 0. The van der Waals surface area contributed by atoms with Crippen LogP contribution in [0.25, 0.3) is 0 Å². The maximum absolute atomic E-state index is 9.15. The zero-order chi connectivity index (χ0) is 10.1. The molecule has 3 heteroatoms. The van der Waals surface area contributed by atoms with Crippen LogP contribution in [0, 0.1) is 11.8 Å². The first-order chi connectivity index (χ1) is 6.72. The minimum Gasteiger partial charge on any atom is -0.317 e. The fourth-order valence-electron chi connectivity index (χ4n) is 3.11. The van der Waals surface area contributed by atoms with Crippen molar-refractivity contribution in [1.82, 2.24) is 10.4 Å². The number of rotatable bonds is 2. The molecule has 1 aliphatic heterocycles. The molecule has 2 atom stereocenters.